The van der Waals surface area contributed by atoms with E-state index in [-0.39, 0.29) is 0 Å². The van der Waals surface area contributed by atoms with E-state index >= 15 is 0 Å². The maximum absolute atomic E-state index is 8.51. The van der Waals surface area contributed by atoms with Crippen LogP contribution in [0, 0.1) is 0 Å². The van der Waals surface area contributed by atoms with Gasteiger partial charge in [0.05, 0.1) is 0 Å². The molecule has 0 saturated heterocycles. The van der Waals surface area contributed by atoms with Gasteiger partial charge in [0, 0.05) is 0 Å². The van der Waals surface area contributed by atoms with Crippen molar-refractivity contribution in [2.24, 2.45) is 18.1 Å². The van der Waals surface area contributed by atoms with E-state index < -0.39 is 35.9 Å². The van der Waals surface area contributed by atoms with Gasteiger partial charge in [-0.05, 0) is 0 Å². The Morgan fingerprint density at radius 3 is 0.246 bits per heavy atom. The first-order valence-electron chi connectivity index (χ1n) is 52.7. The zero-order valence-corrected chi connectivity index (χ0v) is 90.7. The van der Waals surface area contributed by atoms with E-state index in [0.717, 1.165) is 465 Å². The summed E-state index contributed by atoms with van der Waals surface area (Å²) in [5.74, 6) is -5.64. The van der Waals surface area contributed by atoms with Gasteiger partial charge in [-0.3, -0.25) is 0 Å². The van der Waals surface area contributed by atoms with Crippen molar-refractivity contribution in [1.29, 1.82) is 0 Å². The maximum atomic E-state index is 8.51. The van der Waals surface area contributed by atoms with Crippen LogP contribution in [0.15, 0.2) is 18.1 Å². The van der Waals surface area contributed by atoms with Crippen molar-refractivity contribution >= 4 is 51.4 Å². The van der Waals surface area contributed by atoms with Crippen molar-refractivity contribution in [1.82, 2.24) is 56.0 Å². The first-order valence-corrected chi connectivity index (χ1v) is 63.2. The standard InChI is InChI=1S/C96H216BrN16P5/c1-25-49-73-102(74-50-26-2)114(103(75-51-27-3)76-52-28-4,104(77-53-29-5)78-54-30-6)98-118(97,99-115(105(79-55-31-7)80-56-32-8,106(81-57-33-9)82-58-34-10)107(83-59-35-11)84-60-36-12,100-116(108(85-61-37-13)86-62-38-14,109(87-63-39-15)88-64-40-16)110(89-65-41-17)90-66-42-18)101-117(111(91-67-43-19)92-68-44-20,112(93-69-45-21)94-70-46-22)113(95-71-47-23)96-72-48-24/h25-96H2,1-24H3. The summed E-state index contributed by atoms with van der Waals surface area (Å²) in [7, 11) is -13.4. The van der Waals surface area contributed by atoms with Crippen LogP contribution in [0.3, 0.4) is 0 Å². The Balaban J connectivity index is 16.2. The van der Waals surface area contributed by atoms with Crippen LogP contribution in [0.2, 0.25) is 0 Å². The van der Waals surface area contributed by atoms with E-state index in [1.54, 1.807) is 0 Å². The van der Waals surface area contributed by atoms with Crippen LogP contribution in [0.1, 0.15) is 474 Å². The molecule has 0 fully saturated rings. The first kappa shape index (κ1) is 119. The molecule has 22 heteroatoms. The Morgan fingerprint density at radius 2 is 0.195 bits per heavy atom. The van der Waals surface area contributed by atoms with Crippen LogP contribution in [-0.2, 0) is 0 Å². The fourth-order valence-electron chi connectivity index (χ4n) is 16.5. The van der Waals surface area contributed by atoms with E-state index in [4.69, 9.17) is 33.6 Å². The predicted molar refractivity (Wildman–Crippen MR) is 550 cm³/mol. The van der Waals surface area contributed by atoms with Gasteiger partial charge in [0.25, 0.3) is 0 Å². The Bertz CT molecular complexity index is 1860. The fraction of sp³-hybridized carbons (Fsp3) is 1.00. The summed E-state index contributed by atoms with van der Waals surface area (Å²) in [5, 5.41) is 0. The Morgan fingerprint density at radius 1 is 0.136 bits per heavy atom. The number of rotatable bonds is 88. The summed E-state index contributed by atoms with van der Waals surface area (Å²) >= 11 is 6.15. The third-order valence-electron chi connectivity index (χ3n) is 24.1. The van der Waals surface area contributed by atoms with Gasteiger partial charge in [-0.1, -0.05) is 0 Å². The average molecular weight is 1830 g/mol. The monoisotopic (exact) mass is 1830 g/mol. The van der Waals surface area contributed by atoms with E-state index in [9.17, 15) is 0 Å². The van der Waals surface area contributed by atoms with Gasteiger partial charge in [0.2, 0.25) is 0 Å². The number of halogens is 1. The average Bonchev–Trinajstić information content (AvgIpc) is 0.682. The van der Waals surface area contributed by atoms with E-state index in [2.05, 4.69) is 222 Å². The molecule has 712 valence electrons. The molecule has 0 amide bonds. The van der Waals surface area contributed by atoms with Crippen molar-refractivity contribution in [3.63, 3.8) is 0 Å². The van der Waals surface area contributed by atoms with Gasteiger partial charge >= 0.3 is 757 Å². The minimum absolute atomic E-state index is 1.00. The summed E-state index contributed by atoms with van der Waals surface area (Å²) in [6.07, 6.45) is 54.3. The van der Waals surface area contributed by atoms with E-state index in [1.165, 1.54) is 0 Å². The second-order valence-electron chi connectivity index (χ2n) is 35.3. The molecule has 0 rings (SSSR count). The summed E-state index contributed by atoms with van der Waals surface area (Å²) in [5.41, 5.74) is 0. The van der Waals surface area contributed by atoms with Crippen molar-refractivity contribution < 1.29 is 0 Å². The summed E-state index contributed by atoms with van der Waals surface area (Å²) in [4.78, 5) is 0. The van der Waals surface area contributed by atoms with Gasteiger partial charge in [0.15, 0.2) is 0 Å². The van der Waals surface area contributed by atoms with E-state index in [0.29, 0.717) is 0 Å². The molecule has 0 spiro atoms. The molecular formula is C96H216BrN16P5. The van der Waals surface area contributed by atoms with Crippen LogP contribution in [-0.4, -0.2) is 213 Å². The molecule has 0 aliphatic heterocycles. The van der Waals surface area contributed by atoms with Gasteiger partial charge < -0.3 is 0 Å². The molecule has 0 N–H and O–H groups in total. The predicted octanol–water partition coefficient (Wildman–Crippen LogP) is 34.1. The second-order valence-corrected chi connectivity index (χ2v) is 54.7. The van der Waals surface area contributed by atoms with Crippen LogP contribution in [0.4, 0.5) is 0 Å². The molecule has 0 aromatic rings. The summed E-state index contributed by atoms with van der Waals surface area (Å²) in [6, 6.07) is 0. The normalized spacial score (nSPS) is 13.4. The third-order valence-corrected chi connectivity index (χ3v) is 51.9. The van der Waals surface area contributed by atoms with Gasteiger partial charge in [-0.15, -0.1) is 0 Å². The molecule has 0 unspecified atom stereocenters. The molecule has 0 radical (unpaired) electrons. The van der Waals surface area contributed by atoms with Crippen molar-refractivity contribution in [2.45, 2.75) is 474 Å². The van der Waals surface area contributed by atoms with Crippen LogP contribution in [0.25, 0.3) is 0 Å². The van der Waals surface area contributed by atoms with E-state index in [1.807, 2.05) is 0 Å². The van der Waals surface area contributed by atoms with Gasteiger partial charge in [-0.25, -0.2) is 0 Å². The zero-order valence-electron chi connectivity index (χ0n) is 84.7. The molecule has 16 nitrogen and oxygen atoms in total. The van der Waals surface area contributed by atoms with Crippen molar-refractivity contribution in [3.8, 4) is 0 Å². The molecule has 0 aromatic carbocycles. The van der Waals surface area contributed by atoms with Crippen molar-refractivity contribution in [3.05, 3.63) is 0 Å². The summed E-state index contributed by atoms with van der Waals surface area (Å²) in [6.45, 7) is 84.2. The van der Waals surface area contributed by atoms with Gasteiger partial charge in [0.1, 0.15) is 0 Å². The zero-order chi connectivity index (χ0) is 88.1. The Labute approximate surface area is 752 Å². The van der Waals surface area contributed by atoms with Gasteiger partial charge in [-0.2, -0.15) is 0 Å². The topological polar surface area (TPSA) is 88.3 Å². The number of hydrogen-bond acceptors (Lipinski definition) is 4. The third kappa shape index (κ3) is 40.8. The molecule has 0 heterocycles. The quantitative estimate of drug-likeness (QED) is 0.0544. The SMILES string of the molecule is CCCCN(CCCC)P(=NP(Br)(N=P(N(CCCC)CCCC)(N(CCCC)CCCC)N(CCCC)CCCC)(N=P(N(CCCC)CCCC)(N(CCCC)CCCC)N(CCCC)CCCC)N=P(N(CCCC)CCCC)(N(CCCC)CCCC)N(CCCC)CCCC)(N(CCCC)CCCC)N(CCCC)CCCC. The molecular weight excluding hydrogens is 1610 g/mol. The van der Waals surface area contributed by atoms with Crippen LogP contribution in [0.5, 0.6) is 0 Å². The molecule has 0 atom stereocenters. The number of hydrogen-bond donors (Lipinski definition) is 0. The molecule has 118 heavy (non-hydrogen) atoms. The minimum atomic E-state index is -5.64. The second kappa shape index (κ2) is 75.1. The number of nitrogens with zero attached hydrogens (tertiary/aromatic N) is 16. The first-order chi connectivity index (χ1) is 57.4. The van der Waals surface area contributed by atoms with Crippen LogP contribution >= 0.6 is 51.4 Å². The van der Waals surface area contributed by atoms with Crippen LogP contribution < -0.4 is 0 Å². The Hall–Kier alpha value is 1.35. The molecule has 0 aromatic heterocycles. The summed E-state index contributed by atoms with van der Waals surface area (Å²) < 4.78 is 73.0. The van der Waals surface area contributed by atoms with Crippen molar-refractivity contribution in [2.75, 3.05) is 157 Å². The molecule has 0 aliphatic carbocycles. The fourth-order valence-corrected chi connectivity index (χ4v) is 52.3. The molecule has 0 bridgehead atoms. The Kier molecular flexibility index (Phi) is 75.9. The molecule has 0 aliphatic rings. The number of unbranched alkanes of at least 4 members (excludes halogenated alkanes) is 24. The molecule has 0 saturated carbocycles.